The van der Waals surface area contributed by atoms with E-state index in [2.05, 4.69) is 20.3 Å². The van der Waals surface area contributed by atoms with Crippen LogP contribution in [0, 0.1) is 18.7 Å². The highest BCUT2D eigenvalue weighted by Gasteiger charge is 2.34. The number of anilines is 1. The molecule has 0 bridgehead atoms. The molecule has 1 aliphatic heterocycles. The zero-order chi connectivity index (χ0) is 24.7. The summed E-state index contributed by atoms with van der Waals surface area (Å²) in [5, 5.41) is 14.7. The van der Waals surface area contributed by atoms with Gasteiger partial charge in [-0.1, -0.05) is 0 Å². The van der Waals surface area contributed by atoms with E-state index in [-0.39, 0.29) is 35.0 Å². The molecule has 1 aliphatic rings. The number of fused-ring (bicyclic) bond motifs is 1. The fourth-order valence-corrected chi connectivity index (χ4v) is 4.59. The Labute approximate surface area is 201 Å². The van der Waals surface area contributed by atoms with Gasteiger partial charge in [0.05, 0.1) is 23.5 Å². The first-order valence-corrected chi connectivity index (χ1v) is 11.5. The van der Waals surface area contributed by atoms with E-state index in [4.69, 9.17) is 0 Å². The van der Waals surface area contributed by atoms with Gasteiger partial charge in [-0.05, 0) is 30.7 Å². The van der Waals surface area contributed by atoms with Crippen molar-refractivity contribution in [2.45, 2.75) is 13.5 Å². The number of amides is 1. The fourth-order valence-electron chi connectivity index (χ4n) is 3.97. The minimum Gasteiger partial charge on any atom is -0.477 e. The van der Waals surface area contributed by atoms with Gasteiger partial charge in [-0.25, -0.2) is 19.2 Å². The van der Waals surface area contributed by atoms with Crippen LogP contribution in [0.25, 0.3) is 16.2 Å². The van der Waals surface area contributed by atoms with E-state index in [1.807, 2.05) is 4.90 Å². The van der Waals surface area contributed by atoms with E-state index >= 15 is 0 Å². The first-order chi connectivity index (χ1) is 16.8. The summed E-state index contributed by atoms with van der Waals surface area (Å²) in [6, 6.07) is 4.48. The third-order valence-corrected chi connectivity index (χ3v) is 6.61. The molecule has 1 amide bonds. The molecule has 0 aromatic carbocycles. The highest BCUT2D eigenvalue weighted by Crippen LogP contribution is 2.28. The Morgan fingerprint density at radius 2 is 2.09 bits per heavy atom. The Bertz CT molecular complexity index is 1510. The molecule has 4 aromatic rings. The summed E-state index contributed by atoms with van der Waals surface area (Å²) in [6.45, 7) is 2.51. The molecule has 0 atom stereocenters. The summed E-state index contributed by atoms with van der Waals surface area (Å²) in [5.41, 5.74) is 0.0602. The predicted molar refractivity (Wildman–Crippen MR) is 126 cm³/mol. The van der Waals surface area contributed by atoms with E-state index < -0.39 is 17.2 Å². The minimum atomic E-state index is -1.33. The lowest BCUT2D eigenvalue weighted by Crippen LogP contribution is -2.54. The second kappa shape index (κ2) is 8.87. The fraction of sp³-hybridized carbons (Fsp3) is 0.217. The number of hydrogen-bond acceptors (Lipinski definition) is 8. The quantitative estimate of drug-likeness (QED) is 0.417. The average Bonchev–Trinajstić information content (AvgIpc) is 3.32. The van der Waals surface area contributed by atoms with Crippen molar-refractivity contribution in [3.05, 3.63) is 75.0 Å². The molecule has 1 saturated heterocycles. The topological polar surface area (TPSA) is 130 Å². The number of aryl methyl sites for hydroxylation is 1. The second-order valence-corrected chi connectivity index (χ2v) is 8.98. The Hall–Kier alpha value is -4.19. The van der Waals surface area contributed by atoms with Crippen molar-refractivity contribution in [3.63, 3.8) is 0 Å². The molecular weight excluding hydrogens is 475 g/mol. The first-order valence-electron chi connectivity index (χ1n) is 10.7. The molecule has 5 heterocycles. The van der Waals surface area contributed by atoms with Crippen LogP contribution in [0.2, 0.25) is 0 Å². The average molecular weight is 495 g/mol. The molecule has 1 fully saturated rings. The smallest absolute Gasteiger partial charge is 0.341 e. The molecule has 10 nitrogen and oxygen atoms in total. The predicted octanol–water partition coefficient (Wildman–Crippen LogP) is 2.14. The summed E-state index contributed by atoms with van der Waals surface area (Å²) in [4.78, 5) is 51.8. The van der Waals surface area contributed by atoms with Crippen molar-refractivity contribution in [1.29, 1.82) is 0 Å². The SMILES string of the molecule is Cc1cc(N2CC(C(=O)NCc3ncccc3F)C2)nc2c1c(=O)c(C(=O)O)cn2-c1nccs1. The van der Waals surface area contributed by atoms with Gasteiger partial charge in [0.25, 0.3) is 0 Å². The van der Waals surface area contributed by atoms with Crippen LogP contribution in [-0.4, -0.2) is 49.6 Å². The maximum atomic E-state index is 13.7. The highest BCUT2D eigenvalue weighted by atomic mass is 32.1. The van der Waals surface area contributed by atoms with Crippen LogP contribution in [0.4, 0.5) is 10.2 Å². The third-order valence-electron chi connectivity index (χ3n) is 5.84. The van der Waals surface area contributed by atoms with Crippen molar-refractivity contribution in [1.82, 2.24) is 24.8 Å². The Balaban J connectivity index is 1.40. The van der Waals surface area contributed by atoms with Crippen LogP contribution in [0.1, 0.15) is 21.6 Å². The molecule has 4 aromatic heterocycles. The lowest BCUT2D eigenvalue weighted by atomic mass is 9.98. The van der Waals surface area contributed by atoms with Gasteiger partial charge in [0.2, 0.25) is 11.3 Å². The number of carboxylic acid groups (broad SMARTS) is 1. The number of nitrogens with zero attached hydrogens (tertiary/aromatic N) is 5. The van der Waals surface area contributed by atoms with E-state index in [0.717, 1.165) is 0 Å². The lowest BCUT2D eigenvalue weighted by molar-refractivity contribution is -0.125. The van der Waals surface area contributed by atoms with Crippen LogP contribution in [0.5, 0.6) is 0 Å². The molecule has 12 heteroatoms. The van der Waals surface area contributed by atoms with Crippen molar-refractivity contribution in [2.24, 2.45) is 5.92 Å². The summed E-state index contributed by atoms with van der Waals surface area (Å²) in [6.07, 6.45) is 4.29. The Morgan fingerprint density at radius 3 is 2.77 bits per heavy atom. The molecule has 35 heavy (non-hydrogen) atoms. The van der Waals surface area contributed by atoms with Crippen LogP contribution >= 0.6 is 11.3 Å². The molecule has 0 aliphatic carbocycles. The number of rotatable bonds is 6. The van der Waals surface area contributed by atoms with Gasteiger partial charge in [0.15, 0.2) is 10.8 Å². The first kappa shape index (κ1) is 22.6. The minimum absolute atomic E-state index is 0.00133. The number of pyridine rings is 3. The number of aromatic carboxylic acids is 1. The Morgan fingerprint density at radius 1 is 1.29 bits per heavy atom. The molecular formula is C23H19FN6O4S. The maximum Gasteiger partial charge on any atom is 0.341 e. The summed E-state index contributed by atoms with van der Waals surface area (Å²) in [7, 11) is 0. The van der Waals surface area contributed by atoms with Gasteiger partial charge in [-0.3, -0.25) is 19.1 Å². The van der Waals surface area contributed by atoms with Gasteiger partial charge in [0.1, 0.15) is 17.2 Å². The second-order valence-electron chi connectivity index (χ2n) is 8.11. The molecule has 0 spiro atoms. The summed E-state index contributed by atoms with van der Waals surface area (Å²) < 4.78 is 15.2. The molecule has 5 rings (SSSR count). The standard InChI is InChI=1S/C23H19FN6O4S/c1-12-7-17(29-9-13(10-29)21(32)27-8-16-15(24)3-2-4-25-16)28-20-18(12)19(31)14(22(33)34)11-30(20)23-26-5-6-35-23/h2-7,11,13H,8-10H2,1H3,(H,27,32)(H,33,34). The van der Waals surface area contributed by atoms with E-state index in [1.165, 1.54) is 40.4 Å². The number of halogens is 1. The van der Waals surface area contributed by atoms with Crippen molar-refractivity contribution < 1.29 is 19.1 Å². The third kappa shape index (κ3) is 4.12. The molecule has 178 valence electrons. The zero-order valence-electron chi connectivity index (χ0n) is 18.4. The number of carbonyl (C=O) groups excluding carboxylic acids is 1. The number of hydrogen-bond donors (Lipinski definition) is 2. The number of carbonyl (C=O) groups is 2. The number of aromatic nitrogens is 4. The summed E-state index contributed by atoms with van der Waals surface area (Å²) in [5.74, 6) is -1.77. The van der Waals surface area contributed by atoms with Crippen LogP contribution in [0.3, 0.4) is 0 Å². The van der Waals surface area contributed by atoms with Gasteiger partial charge < -0.3 is 15.3 Å². The normalized spacial score (nSPS) is 13.6. The van der Waals surface area contributed by atoms with Gasteiger partial charge >= 0.3 is 5.97 Å². The van der Waals surface area contributed by atoms with E-state index in [9.17, 15) is 23.9 Å². The van der Waals surface area contributed by atoms with E-state index in [0.29, 0.717) is 35.2 Å². The van der Waals surface area contributed by atoms with Crippen molar-refractivity contribution in [2.75, 3.05) is 18.0 Å². The van der Waals surface area contributed by atoms with Gasteiger partial charge in [0, 0.05) is 37.1 Å². The van der Waals surface area contributed by atoms with Crippen molar-refractivity contribution >= 4 is 40.1 Å². The van der Waals surface area contributed by atoms with Crippen LogP contribution in [0.15, 0.2) is 47.0 Å². The van der Waals surface area contributed by atoms with Crippen LogP contribution in [-0.2, 0) is 11.3 Å². The summed E-state index contributed by atoms with van der Waals surface area (Å²) >= 11 is 1.28. The molecule has 0 unspecified atom stereocenters. The lowest BCUT2D eigenvalue weighted by Gasteiger charge is -2.39. The number of carboxylic acids is 1. The molecule has 0 radical (unpaired) electrons. The van der Waals surface area contributed by atoms with E-state index in [1.54, 1.807) is 24.6 Å². The maximum absolute atomic E-state index is 13.7. The van der Waals surface area contributed by atoms with Crippen molar-refractivity contribution in [3.8, 4) is 5.13 Å². The Kier molecular flexibility index (Phi) is 5.73. The van der Waals surface area contributed by atoms with Gasteiger partial charge in [-0.15, -0.1) is 11.3 Å². The number of nitrogens with one attached hydrogen (secondary N) is 1. The van der Waals surface area contributed by atoms with Gasteiger partial charge in [-0.2, -0.15) is 0 Å². The highest BCUT2D eigenvalue weighted by molar-refractivity contribution is 7.12. The largest absolute Gasteiger partial charge is 0.477 e. The molecule has 2 N–H and O–H groups in total. The molecule has 0 saturated carbocycles. The zero-order valence-corrected chi connectivity index (χ0v) is 19.3. The van der Waals surface area contributed by atoms with Crippen LogP contribution < -0.4 is 15.6 Å². The monoisotopic (exact) mass is 494 g/mol. The number of thiazole rings is 1.